The minimum atomic E-state index is -0.950. The van der Waals surface area contributed by atoms with Gasteiger partial charge in [-0.2, -0.15) is 0 Å². The summed E-state index contributed by atoms with van der Waals surface area (Å²) in [5.74, 6) is -1.22. The highest BCUT2D eigenvalue weighted by Gasteiger charge is 2.21. The molecule has 2 aromatic rings. The van der Waals surface area contributed by atoms with Gasteiger partial charge in [-0.05, 0) is 30.5 Å². The predicted molar refractivity (Wildman–Crippen MR) is 79.2 cm³/mol. The Kier molecular flexibility index (Phi) is 4.42. The molecule has 0 radical (unpaired) electrons. The van der Waals surface area contributed by atoms with Gasteiger partial charge in [0.15, 0.2) is 0 Å². The van der Waals surface area contributed by atoms with Crippen LogP contribution in [0.15, 0.2) is 36.7 Å². The standard InChI is InChI=1S/C16H18N2O3/c1-10-5-3-4-6-12(10)14(7-15(19)20)18-16(21)13-9-17-8-11(13)2/h3-6,8-9,14,17H,7H2,1-2H3,(H,18,21)(H,19,20). The third-order valence-corrected chi connectivity index (χ3v) is 3.44. The highest BCUT2D eigenvalue weighted by molar-refractivity contribution is 5.95. The SMILES string of the molecule is Cc1c[nH]cc1C(=O)NC(CC(=O)O)c1ccccc1C. The zero-order valence-corrected chi connectivity index (χ0v) is 12.0. The number of carboxylic acid groups (broad SMARTS) is 1. The largest absolute Gasteiger partial charge is 0.481 e. The van der Waals surface area contributed by atoms with E-state index in [0.717, 1.165) is 16.7 Å². The summed E-state index contributed by atoms with van der Waals surface area (Å²) in [6.45, 7) is 3.73. The van der Waals surface area contributed by atoms with Gasteiger partial charge in [-0.3, -0.25) is 9.59 Å². The van der Waals surface area contributed by atoms with Crippen LogP contribution in [0.1, 0.15) is 39.5 Å². The average Bonchev–Trinajstić information content (AvgIpc) is 2.84. The fourth-order valence-electron chi connectivity index (χ4n) is 2.31. The number of hydrogen-bond donors (Lipinski definition) is 3. The number of nitrogens with one attached hydrogen (secondary N) is 2. The second-order valence-electron chi connectivity index (χ2n) is 5.03. The maximum Gasteiger partial charge on any atom is 0.305 e. The summed E-state index contributed by atoms with van der Waals surface area (Å²) in [5.41, 5.74) is 3.13. The number of aliphatic carboxylic acids is 1. The van der Waals surface area contributed by atoms with E-state index in [4.69, 9.17) is 5.11 Å². The van der Waals surface area contributed by atoms with E-state index >= 15 is 0 Å². The van der Waals surface area contributed by atoms with E-state index < -0.39 is 12.0 Å². The number of aryl methyl sites for hydroxylation is 2. The van der Waals surface area contributed by atoms with Gasteiger partial charge in [0, 0.05) is 12.4 Å². The molecule has 0 aliphatic carbocycles. The highest BCUT2D eigenvalue weighted by atomic mass is 16.4. The Morgan fingerprint density at radius 1 is 1.19 bits per heavy atom. The van der Waals surface area contributed by atoms with Gasteiger partial charge in [0.25, 0.3) is 5.91 Å². The molecule has 0 saturated heterocycles. The van der Waals surface area contributed by atoms with Crippen molar-refractivity contribution in [2.24, 2.45) is 0 Å². The molecular formula is C16H18N2O3. The molecule has 0 bridgehead atoms. The first kappa shape index (κ1) is 14.8. The monoisotopic (exact) mass is 286 g/mol. The highest BCUT2D eigenvalue weighted by Crippen LogP contribution is 2.21. The lowest BCUT2D eigenvalue weighted by Crippen LogP contribution is -2.30. The third-order valence-electron chi connectivity index (χ3n) is 3.44. The predicted octanol–water partition coefficient (Wildman–Crippen LogP) is 2.58. The van der Waals surface area contributed by atoms with Gasteiger partial charge in [-0.1, -0.05) is 24.3 Å². The van der Waals surface area contributed by atoms with Crippen molar-refractivity contribution in [3.05, 3.63) is 58.9 Å². The Morgan fingerprint density at radius 2 is 1.90 bits per heavy atom. The quantitative estimate of drug-likeness (QED) is 0.790. The summed E-state index contributed by atoms with van der Waals surface area (Å²) in [6.07, 6.45) is 3.19. The van der Waals surface area contributed by atoms with Crippen LogP contribution in [0.25, 0.3) is 0 Å². The Hall–Kier alpha value is -2.56. The van der Waals surface area contributed by atoms with Crippen molar-refractivity contribution in [2.75, 3.05) is 0 Å². The van der Waals surface area contributed by atoms with E-state index in [2.05, 4.69) is 10.3 Å². The van der Waals surface area contributed by atoms with Crippen LogP contribution in [0.5, 0.6) is 0 Å². The normalized spacial score (nSPS) is 11.9. The second kappa shape index (κ2) is 6.26. The van der Waals surface area contributed by atoms with Crippen molar-refractivity contribution < 1.29 is 14.7 Å². The van der Waals surface area contributed by atoms with Crippen molar-refractivity contribution in [1.82, 2.24) is 10.3 Å². The zero-order valence-electron chi connectivity index (χ0n) is 12.0. The number of amides is 1. The van der Waals surface area contributed by atoms with Gasteiger partial charge in [-0.15, -0.1) is 0 Å². The molecule has 1 aromatic carbocycles. The smallest absolute Gasteiger partial charge is 0.305 e. The van der Waals surface area contributed by atoms with Crippen LogP contribution in [0.4, 0.5) is 0 Å². The Labute approximate surface area is 123 Å². The van der Waals surface area contributed by atoms with Crippen LogP contribution in [0.2, 0.25) is 0 Å². The number of aromatic nitrogens is 1. The van der Waals surface area contributed by atoms with Gasteiger partial charge in [0.05, 0.1) is 18.0 Å². The number of carbonyl (C=O) groups is 2. The van der Waals surface area contributed by atoms with Crippen LogP contribution in [-0.2, 0) is 4.79 Å². The van der Waals surface area contributed by atoms with Crippen molar-refractivity contribution >= 4 is 11.9 Å². The summed E-state index contributed by atoms with van der Waals surface area (Å²) in [6, 6.07) is 6.91. The van der Waals surface area contributed by atoms with Crippen LogP contribution in [0, 0.1) is 13.8 Å². The van der Waals surface area contributed by atoms with Crippen LogP contribution < -0.4 is 5.32 Å². The summed E-state index contributed by atoms with van der Waals surface area (Å²) in [7, 11) is 0. The average molecular weight is 286 g/mol. The molecule has 1 amide bonds. The fraction of sp³-hybridized carbons (Fsp3) is 0.250. The molecule has 0 fully saturated rings. The van der Waals surface area contributed by atoms with Gasteiger partial charge in [0.1, 0.15) is 0 Å². The molecule has 3 N–H and O–H groups in total. The Balaban J connectivity index is 2.25. The van der Waals surface area contributed by atoms with E-state index in [9.17, 15) is 9.59 Å². The van der Waals surface area contributed by atoms with Crippen LogP contribution >= 0.6 is 0 Å². The maximum absolute atomic E-state index is 12.3. The molecule has 0 spiro atoms. The van der Waals surface area contributed by atoms with Crippen molar-refractivity contribution in [1.29, 1.82) is 0 Å². The fourth-order valence-corrected chi connectivity index (χ4v) is 2.31. The molecule has 21 heavy (non-hydrogen) atoms. The molecule has 110 valence electrons. The van der Waals surface area contributed by atoms with Gasteiger partial charge >= 0.3 is 5.97 Å². The molecule has 0 aliphatic heterocycles. The first-order chi connectivity index (χ1) is 9.99. The van der Waals surface area contributed by atoms with Crippen molar-refractivity contribution in [3.63, 3.8) is 0 Å². The molecule has 1 heterocycles. The molecule has 1 aromatic heterocycles. The molecule has 0 aliphatic rings. The number of carboxylic acids is 1. The lowest BCUT2D eigenvalue weighted by atomic mass is 9.98. The number of hydrogen-bond acceptors (Lipinski definition) is 2. The van der Waals surface area contributed by atoms with Gasteiger partial charge in [0.2, 0.25) is 0 Å². The molecule has 0 saturated carbocycles. The third kappa shape index (κ3) is 3.51. The summed E-state index contributed by atoms with van der Waals surface area (Å²) < 4.78 is 0. The van der Waals surface area contributed by atoms with Gasteiger partial charge < -0.3 is 15.4 Å². The molecular weight excluding hydrogens is 268 g/mol. The molecule has 5 nitrogen and oxygen atoms in total. The van der Waals surface area contributed by atoms with E-state index in [1.165, 1.54) is 0 Å². The molecule has 2 rings (SSSR count). The first-order valence-electron chi connectivity index (χ1n) is 6.70. The number of H-pyrrole nitrogens is 1. The maximum atomic E-state index is 12.3. The lowest BCUT2D eigenvalue weighted by molar-refractivity contribution is -0.137. The number of aromatic amines is 1. The van der Waals surface area contributed by atoms with Gasteiger partial charge in [-0.25, -0.2) is 0 Å². The second-order valence-corrected chi connectivity index (χ2v) is 5.03. The van der Waals surface area contributed by atoms with Crippen molar-refractivity contribution in [3.8, 4) is 0 Å². The number of carbonyl (C=O) groups excluding carboxylic acids is 1. The number of benzene rings is 1. The van der Waals surface area contributed by atoms with E-state index in [0.29, 0.717) is 5.56 Å². The molecule has 1 atom stereocenters. The van der Waals surface area contributed by atoms with E-state index in [1.54, 1.807) is 12.4 Å². The topological polar surface area (TPSA) is 82.2 Å². The zero-order chi connectivity index (χ0) is 15.4. The van der Waals surface area contributed by atoms with E-state index in [1.807, 2.05) is 38.1 Å². The summed E-state index contributed by atoms with van der Waals surface area (Å²) in [4.78, 5) is 26.2. The first-order valence-corrected chi connectivity index (χ1v) is 6.70. The van der Waals surface area contributed by atoms with Crippen LogP contribution in [0.3, 0.4) is 0 Å². The summed E-state index contributed by atoms with van der Waals surface area (Å²) in [5, 5.41) is 11.9. The lowest BCUT2D eigenvalue weighted by Gasteiger charge is -2.19. The minimum absolute atomic E-state index is 0.153. The summed E-state index contributed by atoms with van der Waals surface area (Å²) >= 11 is 0. The van der Waals surface area contributed by atoms with E-state index in [-0.39, 0.29) is 12.3 Å². The molecule has 1 unspecified atom stereocenters. The number of rotatable bonds is 5. The van der Waals surface area contributed by atoms with Crippen molar-refractivity contribution in [2.45, 2.75) is 26.3 Å². The molecule has 5 heteroatoms. The van der Waals surface area contributed by atoms with Crippen LogP contribution in [-0.4, -0.2) is 22.0 Å². The Bertz CT molecular complexity index is 661. The minimum Gasteiger partial charge on any atom is -0.481 e. The Morgan fingerprint density at radius 3 is 2.48 bits per heavy atom.